The summed E-state index contributed by atoms with van der Waals surface area (Å²) in [7, 11) is -1.69. The number of amides is 1. The molecule has 0 aliphatic rings. The fourth-order valence-electron chi connectivity index (χ4n) is 2.20. The zero-order valence-electron chi connectivity index (χ0n) is 12.2. The molecule has 0 spiro atoms. The molecule has 2 unspecified atom stereocenters. The lowest BCUT2D eigenvalue weighted by atomic mass is 9.76. The topological polar surface area (TPSA) is 82.7 Å². The molecule has 2 atom stereocenters. The van der Waals surface area contributed by atoms with Gasteiger partial charge in [-0.15, -0.1) is 0 Å². The summed E-state index contributed by atoms with van der Waals surface area (Å²) in [5.74, 6) is -1.22. The molecule has 1 heterocycles. The molecule has 0 radical (unpaired) electrons. The van der Waals surface area contributed by atoms with Gasteiger partial charge in [0, 0.05) is 16.0 Å². The zero-order chi connectivity index (χ0) is 16.4. The molecule has 22 heavy (non-hydrogen) atoms. The summed E-state index contributed by atoms with van der Waals surface area (Å²) in [6.07, 6.45) is 1.76. The van der Waals surface area contributed by atoms with E-state index in [1.165, 1.54) is 0 Å². The molecule has 0 saturated carbocycles. The Morgan fingerprint density at radius 1 is 1.50 bits per heavy atom. The Bertz CT molecular complexity index is 689. The van der Waals surface area contributed by atoms with Crippen LogP contribution >= 0.6 is 24.2 Å². The van der Waals surface area contributed by atoms with Gasteiger partial charge < -0.3 is 19.8 Å². The number of rotatable bonds is 5. The van der Waals surface area contributed by atoms with Gasteiger partial charge in [0.2, 0.25) is 5.91 Å². The average molecular weight is 342 g/mol. The number of aryl methyl sites for hydroxylation is 1. The van der Waals surface area contributed by atoms with E-state index < -0.39 is 18.3 Å². The Balaban J connectivity index is 2.27. The number of hydrogen-bond acceptors (Lipinski definition) is 5. The molecule has 1 amide bonds. The van der Waals surface area contributed by atoms with Crippen LogP contribution in [0.1, 0.15) is 18.1 Å². The molecule has 0 saturated heterocycles. The number of nitrogens with one attached hydrogen (secondary N) is 1. The lowest BCUT2D eigenvalue weighted by Gasteiger charge is -2.18. The number of benzene rings is 1. The van der Waals surface area contributed by atoms with E-state index in [1.807, 2.05) is 13.0 Å². The van der Waals surface area contributed by atoms with Crippen LogP contribution in [0.5, 0.6) is 0 Å². The second kappa shape index (κ2) is 6.96. The van der Waals surface area contributed by atoms with Gasteiger partial charge in [-0.05, 0) is 38.0 Å². The molecule has 2 aromatic rings. The Hall–Kier alpha value is -1.15. The third kappa shape index (κ3) is 3.60. The van der Waals surface area contributed by atoms with E-state index in [2.05, 4.69) is 17.9 Å². The minimum Gasteiger partial charge on any atom is -0.464 e. The van der Waals surface area contributed by atoms with Crippen LogP contribution < -0.4 is 5.32 Å². The number of halogens is 1. The van der Waals surface area contributed by atoms with E-state index in [0.29, 0.717) is 10.6 Å². The van der Waals surface area contributed by atoms with Gasteiger partial charge in [0.15, 0.2) is 0 Å². The Kier molecular flexibility index (Phi) is 5.44. The summed E-state index contributed by atoms with van der Waals surface area (Å²) in [5.41, 5.74) is 2.24. The number of carbonyl (C=O) groups excluding carboxylic acids is 1. The normalized spacial score (nSPS) is 13.9. The lowest BCUT2D eigenvalue weighted by Crippen LogP contribution is -2.49. The molecule has 0 aliphatic heterocycles. The van der Waals surface area contributed by atoms with Gasteiger partial charge in [-0.25, -0.2) is 0 Å². The van der Waals surface area contributed by atoms with Crippen molar-refractivity contribution in [1.29, 1.82) is 0 Å². The van der Waals surface area contributed by atoms with Crippen molar-refractivity contribution in [3.8, 4) is 0 Å². The first-order valence-electron chi connectivity index (χ1n) is 6.81. The molecule has 5 nitrogen and oxygen atoms in total. The quantitative estimate of drug-likeness (QED) is 0.493. The molecule has 2 rings (SSSR count). The SMILES string of the molecule is Cc1c(Cl)ccc2c(CC(NC(=O)C(C)S)B(O)O)coc12. The number of thiol groups is 1. The van der Waals surface area contributed by atoms with Crippen molar-refractivity contribution < 1.29 is 19.3 Å². The fourth-order valence-corrected chi connectivity index (χ4v) is 2.42. The lowest BCUT2D eigenvalue weighted by molar-refractivity contribution is -0.120. The predicted molar refractivity (Wildman–Crippen MR) is 90.2 cm³/mol. The molecular weight excluding hydrogens is 324 g/mol. The average Bonchev–Trinajstić information content (AvgIpc) is 2.85. The van der Waals surface area contributed by atoms with Crippen molar-refractivity contribution in [2.75, 3.05) is 0 Å². The van der Waals surface area contributed by atoms with E-state index in [-0.39, 0.29) is 12.3 Å². The standard InChI is InChI=1S/C14H17BClNO4S/c1-7-11(16)4-3-10-9(6-21-13(7)10)5-12(15(19)20)17-14(18)8(2)22/h3-4,6,8,12,19-20,22H,5H2,1-2H3,(H,17,18). The molecule has 0 aliphatic carbocycles. The minimum atomic E-state index is -1.69. The smallest absolute Gasteiger partial charge is 0.464 e. The fraction of sp³-hybridized carbons (Fsp3) is 0.357. The summed E-state index contributed by atoms with van der Waals surface area (Å²) < 4.78 is 5.52. The number of furan rings is 1. The van der Waals surface area contributed by atoms with E-state index in [1.54, 1.807) is 19.3 Å². The van der Waals surface area contributed by atoms with Gasteiger partial charge in [0.25, 0.3) is 0 Å². The van der Waals surface area contributed by atoms with Crippen LogP contribution in [0.15, 0.2) is 22.8 Å². The first kappa shape index (κ1) is 17.2. The van der Waals surface area contributed by atoms with Gasteiger partial charge in [0.1, 0.15) is 5.58 Å². The monoisotopic (exact) mass is 341 g/mol. The van der Waals surface area contributed by atoms with Gasteiger partial charge in [-0.2, -0.15) is 12.6 Å². The van der Waals surface area contributed by atoms with E-state index in [9.17, 15) is 14.8 Å². The summed E-state index contributed by atoms with van der Waals surface area (Å²) >= 11 is 10.1. The van der Waals surface area contributed by atoms with Gasteiger partial charge in [0.05, 0.1) is 17.5 Å². The summed E-state index contributed by atoms with van der Waals surface area (Å²) in [6.45, 7) is 3.46. The van der Waals surface area contributed by atoms with Crippen LogP contribution in [0.4, 0.5) is 0 Å². The van der Waals surface area contributed by atoms with Crippen molar-refractivity contribution in [3.05, 3.63) is 34.5 Å². The summed E-state index contributed by atoms with van der Waals surface area (Å²) in [6, 6.07) is 3.57. The highest BCUT2D eigenvalue weighted by Crippen LogP contribution is 2.29. The van der Waals surface area contributed by atoms with E-state index >= 15 is 0 Å². The first-order valence-corrected chi connectivity index (χ1v) is 7.70. The summed E-state index contributed by atoms with van der Waals surface area (Å²) in [4.78, 5) is 11.7. The van der Waals surface area contributed by atoms with Crippen molar-refractivity contribution >= 4 is 48.2 Å². The Labute approximate surface area is 139 Å². The Morgan fingerprint density at radius 3 is 2.77 bits per heavy atom. The maximum atomic E-state index is 11.7. The molecule has 118 valence electrons. The maximum absolute atomic E-state index is 11.7. The predicted octanol–water partition coefficient (Wildman–Crippen LogP) is 1.75. The highest BCUT2D eigenvalue weighted by atomic mass is 35.5. The molecule has 0 bridgehead atoms. The van der Waals surface area contributed by atoms with Crippen LogP contribution in [0, 0.1) is 6.92 Å². The number of fused-ring (bicyclic) bond motifs is 1. The molecule has 3 N–H and O–H groups in total. The van der Waals surface area contributed by atoms with Crippen LogP contribution in [-0.2, 0) is 11.2 Å². The van der Waals surface area contributed by atoms with Gasteiger partial charge in [-0.3, -0.25) is 4.79 Å². The second-order valence-corrected chi connectivity index (χ2v) is 6.40. The van der Waals surface area contributed by atoms with Crippen molar-refractivity contribution in [3.63, 3.8) is 0 Å². The molecule has 0 fully saturated rings. The third-order valence-electron chi connectivity index (χ3n) is 3.51. The van der Waals surface area contributed by atoms with Crippen LogP contribution in [0.3, 0.4) is 0 Å². The highest BCUT2D eigenvalue weighted by molar-refractivity contribution is 7.81. The van der Waals surface area contributed by atoms with Gasteiger partial charge in [-0.1, -0.05) is 11.6 Å². The van der Waals surface area contributed by atoms with Crippen molar-refractivity contribution in [1.82, 2.24) is 5.32 Å². The van der Waals surface area contributed by atoms with E-state index in [0.717, 1.165) is 16.5 Å². The minimum absolute atomic E-state index is 0.220. The van der Waals surface area contributed by atoms with Crippen LogP contribution in [0.25, 0.3) is 11.0 Å². The number of carbonyl (C=O) groups is 1. The maximum Gasteiger partial charge on any atom is 0.475 e. The van der Waals surface area contributed by atoms with Crippen LogP contribution in [-0.4, -0.2) is 34.3 Å². The number of hydrogen-bond donors (Lipinski definition) is 4. The summed E-state index contributed by atoms with van der Waals surface area (Å²) in [5, 5.41) is 22.4. The first-order chi connectivity index (χ1) is 10.3. The molecule has 8 heteroatoms. The second-order valence-electron chi connectivity index (χ2n) is 5.22. The van der Waals surface area contributed by atoms with E-state index in [4.69, 9.17) is 16.0 Å². The molecule has 1 aromatic heterocycles. The highest BCUT2D eigenvalue weighted by Gasteiger charge is 2.28. The molecular formula is C14H17BClNO4S. The van der Waals surface area contributed by atoms with Crippen molar-refractivity contribution in [2.45, 2.75) is 31.5 Å². The molecule has 1 aromatic carbocycles. The zero-order valence-corrected chi connectivity index (χ0v) is 13.9. The van der Waals surface area contributed by atoms with Crippen molar-refractivity contribution in [2.24, 2.45) is 0 Å². The largest absolute Gasteiger partial charge is 0.475 e. The van der Waals surface area contributed by atoms with Crippen LogP contribution in [0.2, 0.25) is 5.02 Å². The Morgan fingerprint density at radius 2 is 2.18 bits per heavy atom. The third-order valence-corrected chi connectivity index (χ3v) is 4.16. The van der Waals surface area contributed by atoms with Gasteiger partial charge >= 0.3 is 7.12 Å².